The Bertz CT molecular complexity index is 304. The van der Waals surface area contributed by atoms with Crippen LogP contribution in [0.5, 0.6) is 0 Å². The molecule has 2 nitrogen and oxygen atoms in total. The van der Waals surface area contributed by atoms with Crippen molar-refractivity contribution in [3.63, 3.8) is 0 Å². The van der Waals surface area contributed by atoms with E-state index in [1.165, 1.54) is 12.0 Å². The summed E-state index contributed by atoms with van der Waals surface area (Å²) in [7, 11) is 0. The van der Waals surface area contributed by atoms with Gasteiger partial charge in [0, 0.05) is 13.0 Å². The maximum absolute atomic E-state index is 10.6. The molecule has 2 rings (SSSR count). The highest BCUT2D eigenvalue weighted by molar-refractivity contribution is 5.22. The van der Waals surface area contributed by atoms with Crippen LogP contribution in [0, 0.1) is 0 Å². The van der Waals surface area contributed by atoms with Crippen LogP contribution in [-0.4, -0.2) is 17.5 Å². The third-order valence-electron chi connectivity index (χ3n) is 3.53. The third kappa shape index (κ3) is 2.55. The van der Waals surface area contributed by atoms with Gasteiger partial charge in [0.25, 0.3) is 0 Å². The van der Waals surface area contributed by atoms with E-state index >= 15 is 0 Å². The lowest BCUT2D eigenvalue weighted by atomic mass is 9.96. The van der Waals surface area contributed by atoms with Crippen LogP contribution in [0.25, 0.3) is 0 Å². The van der Waals surface area contributed by atoms with Crippen LogP contribution < -0.4 is 0 Å². The minimum Gasteiger partial charge on any atom is -0.362 e. The molecule has 1 atom stereocenters. The lowest BCUT2D eigenvalue weighted by molar-refractivity contribution is -0.171. The molecule has 2 aliphatic carbocycles. The molecule has 16 heavy (non-hydrogen) atoms. The maximum Gasteiger partial charge on any atom is 0.191 e. The minimum absolute atomic E-state index is 0.571. The second kappa shape index (κ2) is 5.15. The van der Waals surface area contributed by atoms with Gasteiger partial charge in [0.15, 0.2) is 5.79 Å². The Balaban J connectivity index is 2.07. The Hall–Kier alpha value is -0.600. The highest BCUT2D eigenvalue weighted by Crippen LogP contribution is 2.36. The number of aliphatic hydroxyl groups is 1. The van der Waals surface area contributed by atoms with E-state index in [-0.39, 0.29) is 0 Å². The standard InChI is InChI=1S/C14H22O2/c1-2-16-14(15,13-9-5-6-10-13)11-12-7-3-4-8-12/h7,9,15H,2-6,8,10-11H2,1H3. The number of ether oxygens (including phenoxy) is 1. The molecule has 1 unspecified atom stereocenters. The molecule has 0 bridgehead atoms. The van der Waals surface area contributed by atoms with Crippen molar-refractivity contribution >= 4 is 0 Å². The Kier molecular flexibility index (Phi) is 3.82. The summed E-state index contributed by atoms with van der Waals surface area (Å²) in [6.07, 6.45) is 11.9. The number of hydrogen-bond acceptors (Lipinski definition) is 2. The molecule has 0 aliphatic heterocycles. The summed E-state index contributed by atoms with van der Waals surface area (Å²) in [6, 6.07) is 0. The molecular formula is C14H22O2. The van der Waals surface area contributed by atoms with E-state index in [1.54, 1.807) is 0 Å². The molecule has 0 saturated carbocycles. The van der Waals surface area contributed by atoms with E-state index < -0.39 is 5.79 Å². The van der Waals surface area contributed by atoms with E-state index in [0.717, 1.165) is 37.7 Å². The molecule has 0 spiro atoms. The van der Waals surface area contributed by atoms with Gasteiger partial charge in [-0.3, -0.25) is 0 Å². The van der Waals surface area contributed by atoms with E-state index in [4.69, 9.17) is 4.74 Å². The number of allylic oxidation sites excluding steroid dienone is 2. The molecule has 0 aromatic rings. The van der Waals surface area contributed by atoms with Crippen LogP contribution in [0.15, 0.2) is 23.3 Å². The van der Waals surface area contributed by atoms with E-state index in [2.05, 4.69) is 12.2 Å². The zero-order chi connectivity index (χ0) is 11.4. The van der Waals surface area contributed by atoms with Crippen molar-refractivity contribution in [2.75, 3.05) is 6.61 Å². The number of hydrogen-bond donors (Lipinski definition) is 1. The van der Waals surface area contributed by atoms with E-state index in [9.17, 15) is 5.11 Å². The van der Waals surface area contributed by atoms with Gasteiger partial charge in [-0.15, -0.1) is 0 Å². The van der Waals surface area contributed by atoms with Crippen LogP contribution in [0.3, 0.4) is 0 Å². The predicted molar refractivity (Wildman–Crippen MR) is 65.1 cm³/mol. The van der Waals surface area contributed by atoms with Crippen LogP contribution >= 0.6 is 0 Å². The van der Waals surface area contributed by atoms with Crippen molar-refractivity contribution in [1.29, 1.82) is 0 Å². The molecule has 0 aromatic carbocycles. The lowest BCUT2D eigenvalue weighted by Crippen LogP contribution is -2.34. The second-order valence-corrected chi connectivity index (χ2v) is 4.77. The molecule has 0 aromatic heterocycles. The molecule has 2 aliphatic rings. The van der Waals surface area contributed by atoms with Crippen molar-refractivity contribution < 1.29 is 9.84 Å². The first-order chi connectivity index (χ1) is 7.74. The molecule has 0 saturated heterocycles. The summed E-state index contributed by atoms with van der Waals surface area (Å²) < 4.78 is 5.62. The molecule has 1 N–H and O–H groups in total. The van der Waals surface area contributed by atoms with Gasteiger partial charge < -0.3 is 9.84 Å². The fourth-order valence-corrected chi connectivity index (χ4v) is 2.73. The quantitative estimate of drug-likeness (QED) is 0.571. The lowest BCUT2D eigenvalue weighted by Gasteiger charge is -2.30. The zero-order valence-corrected chi connectivity index (χ0v) is 10.2. The normalized spacial score (nSPS) is 24.1. The van der Waals surface area contributed by atoms with Gasteiger partial charge >= 0.3 is 0 Å². The largest absolute Gasteiger partial charge is 0.362 e. The Morgan fingerprint density at radius 1 is 1.25 bits per heavy atom. The molecule has 0 heterocycles. The van der Waals surface area contributed by atoms with E-state index in [0.29, 0.717) is 13.0 Å². The summed E-state index contributed by atoms with van der Waals surface area (Å²) in [5.41, 5.74) is 2.46. The van der Waals surface area contributed by atoms with Gasteiger partial charge in [0.1, 0.15) is 0 Å². The topological polar surface area (TPSA) is 29.5 Å². The van der Waals surface area contributed by atoms with Gasteiger partial charge in [0.05, 0.1) is 0 Å². The average Bonchev–Trinajstić information content (AvgIpc) is 2.89. The van der Waals surface area contributed by atoms with Crippen LogP contribution in [-0.2, 0) is 4.74 Å². The van der Waals surface area contributed by atoms with Crippen LogP contribution in [0.4, 0.5) is 0 Å². The highest BCUT2D eigenvalue weighted by atomic mass is 16.6. The average molecular weight is 222 g/mol. The molecule has 0 amide bonds. The first kappa shape index (κ1) is 11.9. The van der Waals surface area contributed by atoms with Gasteiger partial charge in [0.2, 0.25) is 0 Å². The summed E-state index contributed by atoms with van der Waals surface area (Å²) >= 11 is 0. The Labute approximate surface area is 98.0 Å². The van der Waals surface area contributed by atoms with Gasteiger partial charge in [-0.25, -0.2) is 0 Å². The molecule has 0 radical (unpaired) electrons. The monoisotopic (exact) mass is 222 g/mol. The smallest absolute Gasteiger partial charge is 0.191 e. The fourth-order valence-electron chi connectivity index (χ4n) is 2.73. The first-order valence-electron chi connectivity index (χ1n) is 6.48. The first-order valence-corrected chi connectivity index (χ1v) is 6.48. The fraction of sp³-hybridized carbons (Fsp3) is 0.714. The van der Waals surface area contributed by atoms with Crippen molar-refractivity contribution in [2.45, 2.75) is 57.7 Å². The minimum atomic E-state index is -1.01. The van der Waals surface area contributed by atoms with Crippen molar-refractivity contribution in [3.05, 3.63) is 23.3 Å². The summed E-state index contributed by atoms with van der Waals surface area (Å²) in [4.78, 5) is 0. The highest BCUT2D eigenvalue weighted by Gasteiger charge is 2.34. The molecule has 90 valence electrons. The molecule has 2 heteroatoms. The SMILES string of the molecule is CCOC(O)(CC1=CCCC1)C1=CCCC1. The van der Waals surface area contributed by atoms with Crippen LogP contribution in [0.1, 0.15) is 51.9 Å². The maximum atomic E-state index is 10.6. The molecule has 0 fully saturated rings. The number of rotatable bonds is 5. The van der Waals surface area contributed by atoms with Crippen molar-refractivity contribution in [2.24, 2.45) is 0 Å². The van der Waals surface area contributed by atoms with Crippen molar-refractivity contribution in [1.82, 2.24) is 0 Å². The molecular weight excluding hydrogens is 200 g/mol. The van der Waals surface area contributed by atoms with Crippen molar-refractivity contribution in [3.8, 4) is 0 Å². The summed E-state index contributed by atoms with van der Waals surface area (Å²) in [5.74, 6) is -1.01. The zero-order valence-electron chi connectivity index (χ0n) is 10.2. The predicted octanol–water partition coefficient (Wildman–Crippen LogP) is 3.32. The van der Waals surface area contributed by atoms with Gasteiger partial charge in [-0.1, -0.05) is 17.7 Å². The summed E-state index contributed by atoms with van der Waals surface area (Å²) in [5, 5.41) is 10.6. The summed E-state index contributed by atoms with van der Waals surface area (Å²) in [6.45, 7) is 2.52. The Morgan fingerprint density at radius 2 is 2.00 bits per heavy atom. The Morgan fingerprint density at radius 3 is 2.56 bits per heavy atom. The van der Waals surface area contributed by atoms with Gasteiger partial charge in [-0.05, 0) is 51.0 Å². The van der Waals surface area contributed by atoms with E-state index in [1.807, 2.05) is 6.92 Å². The van der Waals surface area contributed by atoms with Crippen LogP contribution in [0.2, 0.25) is 0 Å². The second-order valence-electron chi connectivity index (χ2n) is 4.77. The third-order valence-corrected chi connectivity index (χ3v) is 3.53. The van der Waals surface area contributed by atoms with Gasteiger partial charge in [-0.2, -0.15) is 0 Å².